The van der Waals surface area contributed by atoms with Crippen LogP contribution in [0.4, 0.5) is 4.79 Å². The van der Waals surface area contributed by atoms with Gasteiger partial charge in [0.05, 0.1) is 43.3 Å². The molecule has 0 spiro atoms. The van der Waals surface area contributed by atoms with E-state index in [0.29, 0.717) is 27.5 Å². The number of phenolic OH excluding ortho intramolecular Hbond substituents is 1. The van der Waals surface area contributed by atoms with Crippen LogP contribution >= 0.6 is 11.6 Å². The van der Waals surface area contributed by atoms with Crippen LogP contribution in [0.3, 0.4) is 0 Å². The Bertz CT molecular complexity index is 1820. The van der Waals surface area contributed by atoms with Gasteiger partial charge in [0, 0.05) is 5.92 Å². The quantitative estimate of drug-likeness (QED) is 0.101. The van der Waals surface area contributed by atoms with Crippen molar-refractivity contribution in [2.75, 3.05) is 20.3 Å². The number of phenols is 1. The van der Waals surface area contributed by atoms with E-state index in [1.54, 1.807) is 12.1 Å². The number of nitrogens with zero attached hydrogens (tertiary/aromatic N) is 1. The highest BCUT2D eigenvalue weighted by Crippen LogP contribution is 2.47. The maximum atomic E-state index is 13.7. The first-order chi connectivity index (χ1) is 25.3. The van der Waals surface area contributed by atoms with Gasteiger partial charge in [-0.25, -0.2) is 4.79 Å². The fourth-order valence-electron chi connectivity index (χ4n) is 8.24. The molecule has 0 bridgehead atoms. The highest BCUT2D eigenvalue weighted by Gasteiger charge is 2.58. The first-order valence-electron chi connectivity index (χ1n) is 18.2. The lowest BCUT2D eigenvalue weighted by Gasteiger charge is -2.44. The first-order valence-corrected chi connectivity index (χ1v) is 20.5. The van der Waals surface area contributed by atoms with Crippen LogP contribution in [0.2, 0.25) is 10.1 Å². The third-order valence-electron chi connectivity index (χ3n) is 10.6. The van der Waals surface area contributed by atoms with Crippen molar-refractivity contribution in [3.63, 3.8) is 0 Å². The number of imide groups is 3. The molecule has 0 aromatic heterocycles. The smallest absolute Gasteiger partial charge is 0.423 e. The largest absolute Gasteiger partial charge is 0.508 e. The van der Waals surface area contributed by atoms with Crippen molar-refractivity contribution < 1.29 is 38.9 Å². The second kappa shape index (κ2) is 16.9. The molecule has 3 aromatic rings. The molecule has 2 aliphatic rings. The predicted molar refractivity (Wildman–Crippen MR) is 208 cm³/mol. The molecule has 11 heteroatoms. The third-order valence-corrected chi connectivity index (χ3v) is 15.9. The molecule has 0 unspecified atom stereocenters. The molecule has 0 radical (unpaired) electrons. The molecule has 5 rings (SSSR count). The molecule has 9 nitrogen and oxygen atoms in total. The van der Waals surface area contributed by atoms with Gasteiger partial charge < -0.3 is 24.5 Å². The van der Waals surface area contributed by atoms with Gasteiger partial charge in [-0.2, -0.15) is 4.90 Å². The van der Waals surface area contributed by atoms with Crippen molar-refractivity contribution in [1.29, 1.82) is 0 Å². The number of rotatable bonds is 13. The number of likely N-dealkylation sites (tertiary alicyclic amines) is 1. The minimum absolute atomic E-state index is 0.0415. The number of ether oxygens (including phenoxy) is 1. The Hall–Kier alpha value is -4.06. The molecule has 4 atom stereocenters. The summed E-state index contributed by atoms with van der Waals surface area (Å²) in [5, 5.41) is 35.1. The maximum Gasteiger partial charge on any atom is 0.423 e. The van der Waals surface area contributed by atoms with Crippen molar-refractivity contribution in [2.45, 2.75) is 70.9 Å². The van der Waals surface area contributed by atoms with Crippen LogP contribution < -0.4 is 10.4 Å². The van der Waals surface area contributed by atoms with E-state index in [2.05, 4.69) is 52.0 Å². The van der Waals surface area contributed by atoms with Crippen LogP contribution in [0.25, 0.3) is 6.08 Å². The van der Waals surface area contributed by atoms with E-state index >= 15 is 0 Å². The maximum absolute atomic E-state index is 13.7. The number of aliphatic hydroxyl groups excluding tert-OH is 2. The van der Waals surface area contributed by atoms with E-state index in [4.69, 9.17) is 20.8 Å². The number of aromatic hydroxyl groups is 1. The van der Waals surface area contributed by atoms with E-state index in [9.17, 15) is 29.7 Å². The van der Waals surface area contributed by atoms with Crippen molar-refractivity contribution in [1.82, 2.24) is 4.90 Å². The molecule has 3 amide bonds. The molecule has 1 aliphatic carbocycles. The SMILES string of the molecule is CCC/C(=C\c1ccc(O)cc1Cl)CC[C@@H](O)C1=C(CO[Si](c2ccccc2)(c2ccccc2)C(C)(C)C)C[C@H]2C(=O)N(C(=O)OC)C(=O)[C@H]2[C@H]1CO. The normalized spacial score (nSPS) is 20.1. The topological polar surface area (TPSA) is 134 Å². The molecule has 1 aliphatic heterocycles. The summed E-state index contributed by atoms with van der Waals surface area (Å²) in [5.41, 5.74) is 2.88. The van der Waals surface area contributed by atoms with E-state index < -0.39 is 56.7 Å². The minimum atomic E-state index is -3.09. The number of hydrogen-bond acceptors (Lipinski definition) is 8. The zero-order valence-electron chi connectivity index (χ0n) is 31.1. The van der Waals surface area contributed by atoms with Crippen LogP contribution in [0.5, 0.6) is 5.75 Å². The Balaban J connectivity index is 1.59. The number of allylic oxidation sites excluding steroid dienone is 1. The molecule has 1 saturated heterocycles. The van der Waals surface area contributed by atoms with E-state index in [1.165, 1.54) is 6.07 Å². The molecular formula is C42H50ClNO8Si. The van der Waals surface area contributed by atoms with Gasteiger partial charge >= 0.3 is 6.09 Å². The average molecular weight is 760 g/mol. The summed E-state index contributed by atoms with van der Waals surface area (Å²) in [6.45, 7) is 8.06. The van der Waals surface area contributed by atoms with Crippen molar-refractivity contribution >= 4 is 54.3 Å². The van der Waals surface area contributed by atoms with Crippen LogP contribution in [0.1, 0.15) is 65.4 Å². The highest BCUT2D eigenvalue weighted by molar-refractivity contribution is 6.99. The standard InChI is InChI=1S/C42H50ClNO8Si/c1-6-13-27(22-28-19-20-30(46)24-35(28)43)18-21-36(47)37-29(23-33-38(34(37)25-45)40(49)44(39(33)48)41(50)51-5)26-52-53(42(2,3)4,31-14-9-7-10-15-31)32-16-11-8-12-17-32/h7-12,14-17,19-20,22,24,33-34,36,38,45-47H,6,13,18,21,23,25-26H2,1-5H3/b27-22+/t33-,34+,36-,38-/m1/s1. The van der Waals surface area contributed by atoms with Gasteiger partial charge in [0.15, 0.2) is 0 Å². The number of halogens is 1. The number of aliphatic hydroxyl groups is 2. The van der Waals surface area contributed by atoms with Gasteiger partial charge in [-0.1, -0.05) is 118 Å². The number of amides is 3. The zero-order valence-corrected chi connectivity index (χ0v) is 32.8. The summed E-state index contributed by atoms with van der Waals surface area (Å²) >= 11 is 6.43. The molecule has 1 fully saturated rings. The minimum Gasteiger partial charge on any atom is -0.508 e. The molecule has 3 N–H and O–H groups in total. The number of benzene rings is 3. The molecule has 53 heavy (non-hydrogen) atoms. The van der Waals surface area contributed by atoms with Gasteiger partial charge in [0.1, 0.15) is 5.75 Å². The number of carbonyl (C=O) groups excluding carboxylic acids is 3. The summed E-state index contributed by atoms with van der Waals surface area (Å²) in [6, 6.07) is 25.0. The Morgan fingerprint density at radius 1 is 1.00 bits per heavy atom. The summed E-state index contributed by atoms with van der Waals surface area (Å²) in [5.74, 6) is -4.26. The number of fused-ring (bicyclic) bond motifs is 1. The number of hydrogen-bond donors (Lipinski definition) is 3. The third kappa shape index (κ3) is 8.07. The molecule has 282 valence electrons. The van der Waals surface area contributed by atoms with Crippen molar-refractivity contribution in [3.8, 4) is 5.75 Å². The Morgan fingerprint density at radius 3 is 2.15 bits per heavy atom. The van der Waals surface area contributed by atoms with Crippen LogP contribution in [-0.2, 0) is 18.8 Å². The molecular weight excluding hydrogens is 710 g/mol. The Morgan fingerprint density at radius 2 is 1.62 bits per heavy atom. The lowest BCUT2D eigenvalue weighted by molar-refractivity contribution is -0.137. The zero-order chi connectivity index (χ0) is 38.5. The summed E-state index contributed by atoms with van der Waals surface area (Å²) in [7, 11) is -1.98. The van der Waals surface area contributed by atoms with Crippen LogP contribution in [0, 0.1) is 17.8 Å². The van der Waals surface area contributed by atoms with Gasteiger partial charge in [0.2, 0.25) is 11.8 Å². The van der Waals surface area contributed by atoms with E-state index in [-0.39, 0.29) is 30.2 Å². The highest BCUT2D eigenvalue weighted by atomic mass is 35.5. The van der Waals surface area contributed by atoms with E-state index in [1.807, 2.05) is 42.5 Å². The van der Waals surface area contributed by atoms with Crippen molar-refractivity contribution in [2.24, 2.45) is 17.8 Å². The Labute approximate surface area is 318 Å². The fraction of sp³-hybridized carbons (Fsp3) is 0.405. The lowest BCUT2D eigenvalue weighted by Crippen LogP contribution is -2.66. The molecule has 3 aromatic carbocycles. The summed E-state index contributed by atoms with van der Waals surface area (Å²) in [6.07, 6.45) is 2.19. The molecule has 1 heterocycles. The van der Waals surface area contributed by atoms with E-state index in [0.717, 1.165) is 41.5 Å². The summed E-state index contributed by atoms with van der Waals surface area (Å²) in [4.78, 5) is 40.7. The molecule has 0 saturated carbocycles. The fourth-order valence-corrected chi connectivity index (χ4v) is 13.0. The number of carbonyl (C=O) groups is 3. The van der Waals surface area contributed by atoms with Crippen LogP contribution in [-0.4, -0.2) is 72.9 Å². The van der Waals surface area contributed by atoms with Gasteiger partial charge in [0.25, 0.3) is 8.32 Å². The second-order valence-electron chi connectivity index (χ2n) is 14.9. The lowest BCUT2D eigenvalue weighted by atomic mass is 9.68. The van der Waals surface area contributed by atoms with Gasteiger partial charge in [-0.15, -0.1) is 0 Å². The van der Waals surface area contributed by atoms with Gasteiger partial charge in [-0.05, 0) is 76.0 Å². The monoisotopic (exact) mass is 759 g/mol. The summed E-state index contributed by atoms with van der Waals surface area (Å²) < 4.78 is 12.1. The van der Waals surface area contributed by atoms with Gasteiger partial charge in [-0.3, -0.25) is 9.59 Å². The Kier molecular flexibility index (Phi) is 12.8. The van der Waals surface area contributed by atoms with Crippen LogP contribution in [0.15, 0.2) is 95.6 Å². The predicted octanol–water partition coefficient (Wildman–Crippen LogP) is 6.62. The average Bonchev–Trinajstić information content (AvgIpc) is 3.39. The number of methoxy groups -OCH3 is 1. The second-order valence-corrected chi connectivity index (χ2v) is 19.6. The van der Waals surface area contributed by atoms with Crippen molar-refractivity contribution in [3.05, 3.63) is 106 Å². The first kappa shape index (κ1) is 40.1.